The van der Waals surface area contributed by atoms with E-state index in [2.05, 4.69) is 0 Å². The summed E-state index contributed by atoms with van der Waals surface area (Å²) in [5.41, 5.74) is 1.59. The number of anilines is 1. The van der Waals surface area contributed by atoms with Crippen molar-refractivity contribution in [3.63, 3.8) is 0 Å². The molecule has 5 heteroatoms. The van der Waals surface area contributed by atoms with Crippen molar-refractivity contribution in [1.82, 2.24) is 0 Å². The number of aromatic carboxylic acids is 1. The van der Waals surface area contributed by atoms with Gasteiger partial charge < -0.3 is 5.11 Å². The second-order valence-corrected chi connectivity index (χ2v) is 4.97. The Morgan fingerprint density at radius 3 is 2.20 bits per heavy atom. The summed E-state index contributed by atoms with van der Waals surface area (Å²) in [7, 11) is 0. The van der Waals surface area contributed by atoms with Gasteiger partial charge >= 0.3 is 5.97 Å². The van der Waals surface area contributed by atoms with Crippen molar-refractivity contribution in [2.75, 3.05) is 4.90 Å². The number of benzene rings is 1. The highest BCUT2D eigenvalue weighted by atomic mass is 16.4. The lowest BCUT2D eigenvalue weighted by Gasteiger charge is -2.15. The molecule has 0 saturated heterocycles. The lowest BCUT2D eigenvalue weighted by Crippen LogP contribution is -2.31. The molecule has 2 amide bonds. The maximum atomic E-state index is 12.3. The van der Waals surface area contributed by atoms with E-state index in [9.17, 15) is 14.4 Å². The summed E-state index contributed by atoms with van der Waals surface area (Å²) in [5.74, 6) is -1.68. The lowest BCUT2D eigenvalue weighted by molar-refractivity contribution is -0.120. The number of hydrogen-bond donors (Lipinski definition) is 1. The average Bonchev–Trinajstić information content (AvgIpc) is 2.72. The third-order valence-corrected chi connectivity index (χ3v) is 3.74. The normalized spacial score (nSPS) is 18.5. The van der Waals surface area contributed by atoms with Gasteiger partial charge in [0.25, 0.3) is 11.8 Å². The average molecular weight is 271 g/mol. The molecule has 0 saturated carbocycles. The van der Waals surface area contributed by atoms with E-state index in [4.69, 9.17) is 5.11 Å². The zero-order chi connectivity index (χ0) is 14.3. The molecular weight excluding hydrogens is 258 g/mol. The first-order valence-corrected chi connectivity index (χ1v) is 6.54. The molecule has 3 rings (SSSR count). The van der Waals surface area contributed by atoms with Gasteiger partial charge in [0.2, 0.25) is 0 Å². The monoisotopic (exact) mass is 271 g/mol. The summed E-state index contributed by atoms with van der Waals surface area (Å²) in [6.07, 6.45) is 3.10. The van der Waals surface area contributed by atoms with Crippen LogP contribution < -0.4 is 4.90 Å². The Bertz CT molecular complexity index is 632. The third kappa shape index (κ3) is 1.82. The van der Waals surface area contributed by atoms with Crippen LogP contribution in [0.25, 0.3) is 0 Å². The van der Waals surface area contributed by atoms with Gasteiger partial charge in [0.15, 0.2) is 0 Å². The zero-order valence-electron chi connectivity index (χ0n) is 10.8. The molecule has 5 nitrogen and oxygen atoms in total. The molecule has 0 bridgehead atoms. The van der Waals surface area contributed by atoms with Crippen LogP contribution in [0.4, 0.5) is 5.69 Å². The number of hydrogen-bond acceptors (Lipinski definition) is 3. The zero-order valence-corrected chi connectivity index (χ0v) is 10.8. The topological polar surface area (TPSA) is 74.7 Å². The summed E-state index contributed by atoms with van der Waals surface area (Å²) >= 11 is 0. The van der Waals surface area contributed by atoms with Gasteiger partial charge in [-0.05, 0) is 43.9 Å². The number of carbonyl (C=O) groups is 3. The number of carboxylic acid groups (broad SMARTS) is 1. The van der Waals surface area contributed by atoms with Crippen LogP contribution in [0.5, 0.6) is 0 Å². The highest BCUT2D eigenvalue weighted by Crippen LogP contribution is 2.35. The fourth-order valence-electron chi connectivity index (χ4n) is 2.75. The molecule has 0 atom stereocenters. The predicted molar refractivity (Wildman–Crippen MR) is 71.4 cm³/mol. The molecule has 1 aromatic rings. The Labute approximate surface area is 115 Å². The fraction of sp³-hybridized carbons (Fsp3) is 0.267. The van der Waals surface area contributed by atoms with Crippen LogP contribution in [0.1, 0.15) is 36.0 Å². The first kappa shape index (κ1) is 12.6. The highest BCUT2D eigenvalue weighted by Gasteiger charge is 2.39. The summed E-state index contributed by atoms with van der Waals surface area (Å²) in [5, 5.41) is 8.99. The lowest BCUT2D eigenvalue weighted by atomic mass is 9.93. The van der Waals surface area contributed by atoms with Gasteiger partial charge in [-0.15, -0.1) is 0 Å². The van der Waals surface area contributed by atoms with Crippen LogP contribution in [0.15, 0.2) is 35.4 Å². The van der Waals surface area contributed by atoms with Gasteiger partial charge in [0.1, 0.15) is 0 Å². The number of carboxylic acids is 1. The molecule has 2 aliphatic rings. The van der Waals surface area contributed by atoms with Gasteiger partial charge in [-0.2, -0.15) is 0 Å². The van der Waals surface area contributed by atoms with E-state index >= 15 is 0 Å². The first-order chi connectivity index (χ1) is 9.59. The summed E-state index contributed by atoms with van der Waals surface area (Å²) in [6, 6.07) is 5.91. The second-order valence-electron chi connectivity index (χ2n) is 4.97. The minimum absolute atomic E-state index is 0.0629. The molecule has 1 heterocycles. The fourth-order valence-corrected chi connectivity index (χ4v) is 2.75. The molecule has 0 radical (unpaired) electrons. The molecule has 0 unspecified atom stereocenters. The van der Waals surface area contributed by atoms with Crippen molar-refractivity contribution in [2.45, 2.75) is 25.7 Å². The first-order valence-electron chi connectivity index (χ1n) is 6.54. The Balaban J connectivity index is 2.00. The Kier molecular flexibility index (Phi) is 2.89. The SMILES string of the molecule is O=C(O)c1cccc(N2C(=O)C3=C(CCCC3)C2=O)c1. The number of nitrogens with zero attached hydrogens (tertiary/aromatic N) is 1. The number of rotatable bonds is 2. The molecule has 0 aromatic heterocycles. The standard InChI is InChI=1S/C15H13NO4/c17-13-11-6-1-2-7-12(11)14(18)16(13)10-5-3-4-9(8-10)15(19)20/h3-5,8H,1-2,6-7H2,(H,19,20). The molecule has 1 aliphatic carbocycles. The van der Waals surface area contributed by atoms with E-state index in [1.807, 2.05) is 0 Å². The molecule has 20 heavy (non-hydrogen) atoms. The summed E-state index contributed by atoms with van der Waals surface area (Å²) < 4.78 is 0. The number of imide groups is 1. The van der Waals surface area contributed by atoms with Gasteiger partial charge in [-0.3, -0.25) is 9.59 Å². The maximum Gasteiger partial charge on any atom is 0.335 e. The summed E-state index contributed by atoms with van der Waals surface area (Å²) in [6.45, 7) is 0. The highest BCUT2D eigenvalue weighted by molar-refractivity contribution is 6.33. The van der Waals surface area contributed by atoms with E-state index < -0.39 is 5.97 Å². The van der Waals surface area contributed by atoms with Gasteiger partial charge in [0.05, 0.1) is 11.3 Å². The van der Waals surface area contributed by atoms with Gasteiger partial charge in [0, 0.05) is 11.1 Å². The van der Waals surface area contributed by atoms with Crippen molar-refractivity contribution < 1.29 is 19.5 Å². The van der Waals surface area contributed by atoms with Crippen LogP contribution in [0.2, 0.25) is 0 Å². The van der Waals surface area contributed by atoms with Crippen LogP contribution in [0, 0.1) is 0 Å². The van der Waals surface area contributed by atoms with Crippen LogP contribution in [0.3, 0.4) is 0 Å². The third-order valence-electron chi connectivity index (χ3n) is 3.74. The van der Waals surface area contributed by atoms with Gasteiger partial charge in [-0.25, -0.2) is 9.69 Å². The molecule has 1 N–H and O–H groups in total. The van der Waals surface area contributed by atoms with E-state index in [-0.39, 0.29) is 17.4 Å². The van der Waals surface area contributed by atoms with Crippen molar-refractivity contribution in [3.8, 4) is 0 Å². The maximum absolute atomic E-state index is 12.3. The quantitative estimate of drug-likeness (QED) is 0.836. The Morgan fingerprint density at radius 2 is 1.65 bits per heavy atom. The minimum atomic E-state index is -1.08. The summed E-state index contributed by atoms with van der Waals surface area (Å²) in [4.78, 5) is 36.7. The molecule has 0 fully saturated rings. The van der Waals surface area contributed by atoms with E-state index in [0.717, 1.165) is 17.7 Å². The van der Waals surface area contributed by atoms with Crippen molar-refractivity contribution in [2.24, 2.45) is 0 Å². The van der Waals surface area contributed by atoms with Crippen LogP contribution in [-0.2, 0) is 9.59 Å². The molecular formula is C15H13NO4. The smallest absolute Gasteiger partial charge is 0.335 e. The second kappa shape index (κ2) is 4.59. The van der Waals surface area contributed by atoms with Crippen LogP contribution in [-0.4, -0.2) is 22.9 Å². The number of amides is 2. The van der Waals surface area contributed by atoms with Crippen molar-refractivity contribution in [3.05, 3.63) is 41.0 Å². The molecule has 102 valence electrons. The Hall–Kier alpha value is -2.43. The van der Waals surface area contributed by atoms with E-state index in [1.165, 1.54) is 18.2 Å². The molecule has 0 spiro atoms. The van der Waals surface area contributed by atoms with Crippen molar-refractivity contribution >= 4 is 23.5 Å². The minimum Gasteiger partial charge on any atom is -0.478 e. The van der Waals surface area contributed by atoms with Crippen molar-refractivity contribution in [1.29, 1.82) is 0 Å². The molecule has 1 aliphatic heterocycles. The van der Waals surface area contributed by atoms with E-state index in [0.29, 0.717) is 29.7 Å². The van der Waals surface area contributed by atoms with E-state index in [1.54, 1.807) is 6.07 Å². The van der Waals surface area contributed by atoms with Gasteiger partial charge in [-0.1, -0.05) is 6.07 Å². The van der Waals surface area contributed by atoms with Crippen LogP contribution >= 0.6 is 0 Å². The largest absolute Gasteiger partial charge is 0.478 e. The predicted octanol–water partition coefficient (Wildman–Crippen LogP) is 2.13. The number of carbonyl (C=O) groups excluding carboxylic acids is 2. The molecule has 1 aromatic carbocycles. The Morgan fingerprint density at radius 1 is 1.05 bits per heavy atom.